The van der Waals surface area contributed by atoms with Crippen molar-refractivity contribution in [3.63, 3.8) is 0 Å². The van der Waals surface area contributed by atoms with Crippen LogP contribution in [-0.2, 0) is 4.43 Å². The van der Waals surface area contributed by atoms with Crippen LogP contribution in [0.5, 0.6) is 0 Å². The lowest BCUT2D eigenvalue weighted by Crippen LogP contribution is -2.15. The Bertz CT molecular complexity index is 143. The molecule has 14 heavy (non-hydrogen) atoms. The molecule has 0 aromatic rings. The first-order chi connectivity index (χ1) is 6.31. The van der Waals surface area contributed by atoms with Crippen molar-refractivity contribution < 1.29 is 4.43 Å². The summed E-state index contributed by atoms with van der Waals surface area (Å²) in [5.41, 5.74) is 0.635. The molecule has 0 saturated carbocycles. The molecule has 0 aliphatic rings. The van der Waals surface area contributed by atoms with Gasteiger partial charge in [-0.2, -0.15) is 0 Å². The van der Waals surface area contributed by atoms with Crippen molar-refractivity contribution in [1.29, 1.82) is 0 Å². The molecule has 1 nitrogen and oxygen atoms in total. The van der Waals surface area contributed by atoms with E-state index in [1.54, 1.807) is 0 Å². The summed E-state index contributed by atoms with van der Waals surface area (Å²) in [6.07, 6.45) is 4.92. The van der Waals surface area contributed by atoms with E-state index in [1.165, 1.54) is 19.3 Å². The van der Waals surface area contributed by atoms with Gasteiger partial charge < -0.3 is 4.43 Å². The van der Waals surface area contributed by atoms with Gasteiger partial charge in [0.25, 0.3) is 0 Å². The van der Waals surface area contributed by atoms with Crippen molar-refractivity contribution in [3.05, 3.63) is 0 Å². The molecule has 3 heteroatoms. The minimum absolute atomic E-state index is 0.166. The molecule has 0 amide bonds. The summed E-state index contributed by atoms with van der Waals surface area (Å²) in [7, 11) is -0.575. The van der Waals surface area contributed by atoms with Crippen LogP contribution in [0.4, 0.5) is 0 Å². The molecule has 0 rings (SSSR count). The SMILES string of the molecule is C[Si](C)OC(S)CCCCC(C)(C)C. The van der Waals surface area contributed by atoms with E-state index in [1.807, 2.05) is 0 Å². The number of unbranched alkanes of at least 4 members (excludes halogenated alkanes) is 1. The van der Waals surface area contributed by atoms with Crippen LogP contribution in [0.2, 0.25) is 13.1 Å². The Labute approximate surface area is 96.8 Å². The second kappa shape index (κ2) is 6.91. The maximum atomic E-state index is 5.65. The third-order valence-corrected chi connectivity index (χ3v) is 3.32. The van der Waals surface area contributed by atoms with E-state index in [0.717, 1.165) is 6.42 Å². The van der Waals surface area contributed by atoms with E-state index < -0.39 is 9.04 Å². The van der Waals surface area contributed by atoms with E-state index in [4.69, 9.17) is 4.43 Å². The quantitative estimate of drug-likeness (QED) is 0.314. The van der Waals surface area contributed by atoms with E-state index in [9.17, 15) is 0 Å². The van der Waals surface area contributed by atoms with Gasteiger partial charge in [-0.05, 0) is 31.4 Å². The van der Waals surface area contributed by atoms with E-state index in [-0.39, 0.29) is 5.44 Å². The average Bonchev–Trinajstić information content (AvgIpc) is 1.95. The fourth-order valence-corrected chi connectivity index (χ4v) is 2.78. The second-order valence-corrected chi connectivity index (χ2v) is 7.92. The Kier molecular flexibility index (Phi) is 7.17. The molecule has 0 N–H and O–H groups in total. The zero-order valence-corrected chi connectivity index (χ0v) is 12.2. The van der Waals surface area contributed by atoms with Crippen LogP contribution >= 0.6 is 12.6 Å². The molecule has 0 aliphatic heterocycles. The van der Waals surface area contributed by atoms with Crippen LogP contribution in [0.25, 0.3) is 0 Å². The molecule has 85 valence electrons. The van der Waals surface area contributed by atoms with Gasteiger partial charge in [0.1, 0.15) is 0 Å². The molecule has 1 radical (unpaired) electrons. The molecule has 0 bridgehead atoms. The van der Waals surface area contributed by atoms with Crippen molar-refractivity contribution in [2.45, 2.75) is 65.0 Å². The minimum atomic E-state index is -0.575. The standard InChI is InChI=1S/C11H25OSSi/c1-11(2,3)9-7-6-8-10(13)12-14(4)5/h10,13H,6-9H2,1-5H3. The summed E-state index contributed by atoms with van der Waals surface area (Å²) in [5, 5.41) is 0. The highest BCUT2D eigenvalue weighted by Gasteiger charge is 2.10. The Morgan fingerprint density at radius 2 is 1.79 bits per heavy atom. The van der Waals surface area contributed by atoms with Gasteiger partial charge in [0.2, 0.25) is 9.04 Å². The van der Waals surface area contributed by atoms with Crippen molar-refractivity contribution in [2.75, 3.05) is 0 Å². The van der Waals surface area contributed by atoms with Crippen LogP contribution in [0.1, 0.15) is 46.5 Å². The maximum absolute atomic E-state index is 5.65. The molecular formula is C11H25OSSi. The molecule has 0 heterocycles. The summed E-state index contributed by atoms with van der Waals surface area (Å²) in [4.78, 5) is 0. The Hall–Kier alpha value is 0.527. The lowest BCUT2D eigenvalue weighted by atomic mass is 9.89. The molecule has 0 aliphatic carbocycles. The van der Waals surface area contributed by atoms with Crippen LogP contribution in [-0.4, -0.2) is 14.5 Å². The number of hydrogen-bond acceptors (Lipinski definition) is 2. The largest absolute Gasteiger partial charge is 0.406 e. The first-order valence-electron chi connectivity index (χ1n) is 5.46. The van der Waals surface area contributed by atoms with Crippen LogP contribution in [0.3, 0.4) is 0 Å². The van der Waals surface area contributed by atoms with Crippen molar-refractivity contribution in [3.8, 4) is 0 Å². The monoisotopic (exact) mass is 233 g/mol. The highest BCUT2D eigenvalue weighted by molar-refractivity contribution is 7.80. The van der Waals surface area contributed by atoms with Crippen LogP contribution in [0, 0.1) is 5.41 Å². The topological polar surface area (TPSA) is 9.23 Å². The van der Waals surface area contributed by atoms with Crippen molar-refractivity contribution >= 4 is 21.7 Å². The molecule has 0 saturated heterocycles. The molecule has 0 fully saturated rings. The zero-order valence-electron chi connectivity index (χ0n) is 10.3. The van der Waals surface area contributed by atoms with Gasteiger partial charge in [-0.1, -0.05) is 33.6 Å². The molecule has 0 aromatic heterocycles. The molecule has 1 unspecified atom stereocenters. The Balaban J connectivity index is 3.36. The Morgan fingerprint density at radius 1 is 1.21 bits per heavy atom. The van der Waals surface area contributed by atoms with Crippen molar-refractivity contribution in [1.82, 2.24) is 0 Å². The molecular weight excluding hydrogens is 208 g/mol. The van der Waals surface area contributed by atoms with Gasteiger partial charge >= 0.3 is 0 Å². The number of hydrogen-bond donors (Lipinski definition) is 1. The van der Waals surface area contributed by atoms with Gasteiger partial charge in [0.05, 0.1) is 5.44 Å². The molecule has 0 aromatic carbocycles. The lowest BCUT2D eigenvalue weighted by Gasteiger charge is -2.19. The van der Waals surface area contributed by atoms with E-state index >= 15 is 0 Å². The maximum Gasteiger partial charge on any atom is 0.206 e. The zero-order chi connectivity index (χ0) is 11.2. The lowest BCUT2D eigenvalue weighted by molar-refractivity contribution is 0.272. The Morgan fingerprint density at radius 3 is 2.21 bits per heavy atom. The summed E-state index contributed by atoms with van der Waals surface area (Å²) in [6.45, 7) is 11.2. The predicted molar refractivity (Wildman–Crippen MR) is 69.3 cm³/mol. The average molecular weight is 233 g/mol. The fourth-order valence-electron chi connectivity index (χ4n) is 1.31. The van der Waals surface area contributed by atoms with Gasteiger partial charge in [-0.3, -0.25) is 0 Å². The smallest absolute Gasteiger partial charge is 0.206 e. The summed E-state index contributed by atoms with van der Waals surface area (Å²) < 4.78 is 5.65. The summed E-state index contributed by atoms with van der Waals surface area (Å²) in [5.74, 6) is 0. The number of rotatable bonds is 6. The van der Waals surface area contributed by atoms with Crippen LogP contribution in [0.15, 0.2) is 0 Å². The van der Waals surface area contributed by atoms with Crippen molar-refractivity contribution in [2.24, 2.45) is 5.41 Å². The highest BCUT2D eigenvalue weighted by atomic mass is 32.1. The highest BCUT2D eigenvalue weighted by Crippen LogP contribution is 2.23. The normalized spacial score (nSPS) is 14.8. The third-order valence-electron chi connectivity index (χ3n) is 2.00. The summed E-state index contributed by atoms with van der Waals surface area (Å²) >= 11 is 4.42. The van der Waals surface area contributed by atoms with Gasteiger partial charge in [-0.25, -0.2) is 0 Å². The van der Waals surface area contributed by atoms with Gasteiger partial charge in [-0.15, -0.1) is 12.6 Å². The third kappa shape index (κ3) is 10.6. The summed E-state index contributed by atoms with van der Waals surface area (Å²) in [6, 6.07) is 0. The van der Waals surface area contributed by atoms with E-state index in [2.05, 4.69) is 46.5 Å². The van der Waals surface area contributed by atoms with E-state index in [0.29, 0.717) is 5.41 Å². The predicted octanol–water partition coefficient (Wildman–Crippen LogP) is 4.12. The first kappa shape index (κ1) is 14.5. The second-order valence-electron chi connectivity index (χ2n) is 5.29. The van der Waals surface area contributed by atoms with Gasteiger partial charge in [0, 0.05) is 0 Å². The fraction of sp³-hybridized carbons (Fsp3) is 1.00. The molecule has 1 atom stereocenters. The minimum Gasteiger partial charge on any atom is -0.406 e. The number of thiol groups is 1. The molecule has 0 spiro atoms. The van der Waals surface area contributed by atoms with Crippen LogP contribution < -0.4 is 0 Å². The first-order valence-corrected chi connectivity index (χ1v) is 8.38. The van der Waals surface area contributed by atoms with Gasteiger partial charge in [0.15, 0.2) is 0 Å².